The number of anilines is 14. The van der Waals surface area contributed by atoms with E-state index in [0.717, 1.165) is 175 Å². The zero-order valence-electron chi connectivity index (χ0n) is 54.5. The van der Waals surface area contributed by atoms with Gasteiger partial charge in [-0.15, -0.1) is 0 Å². The average Bonchev–Trinajstić information content (AvgIpc) is 0.694. The van der Waals surface area contributed by atoms with Crippen molar-refractivity contribution >= 4 is 149 Å². The molecule has 0 saturated carbocycles. The van der Waals surface area contributed by atoms with Crippen molar-refractivity contribution in [3.63, 3.8) is 0 Å². The van der Waals surface area contributed by atoms with Crippen molar-refractivity contribution in [2.75, 3.05) is 24.9 Å². The van der Waals surface area contributed by atoms with Crippen LogP contribution in [0.2, 0.25) is 0 Å². The van der Waals surface area contributed by atoms with Gasteiger partial charge in [0.25, 0.3) is 20.1 Å². The van der Waals surface area contributed by atoms with Gasteiger partial charge in [0.15, 0.2) is 0 Å². The molecule has 0 amide bonds. The van der Waals surface area contributed by atoms with Gasteiger partial charge in [-0.2, -0.15) is 0 Å². The van der Waals surface area contributed by atoms with Crippen LogP contribution >= 0.6 is 0 Å². The van der Waals surface area contributed by atoms with Crippen molar-refractivity contribution < 1.29 is 18.9 Å². The molecule has 99 heavy (non-hydrogen) atoms. The summed E-state index contributed by atoms with van der Waals surface area (Å²) in [5.74, 6) is 6.16. The number of rotatable bonds is 10. The normalized spacial score (nSPS) is 13.1. The molecule has 0 radical (unpaired) electrons. The number of hydrogen-bond donors (Lipinski definition) is 1. The van der Waals surface area contributed by atoms with E-state index in [9.17, 15) is 0 Å². The van der Waals surface area contributed by atoms with E-state index in [4.69, 9.17) is 18.9 Å². The number of aryl methyl sites for hydroxylation is 3. The minimum atomic E-state index is -0.338. The lowest BCUT2D eigenvalue weighted by molar-refractivity contribution is 0.456. The maximum Gasteiger partial charge on any atom is 0.260 e. The van der Waals surface area contributed by atoms with Crippen LogP contribution in [0.25, 0.3) is 0 Å². The van der Waals surface area contributed by atoms with Crippen molar-refractivity contribution in [3.8, 4) is 46.0 Å². The lowest BCUT2D eigenvalue weighted by Crippen LogP contribution is -2.64. The van der Waals surface area contributed by atoms with Gasteiger partial charge in [0.05, 0.1) is 22.7 Å². The molecule has 1 N–H and O–H groups in total. The Balaban J connectivity index is 0.841. The highest BCUT2D eigenvalue weighted by Gasteiger charge is 2.49. The average molecular weight is 1270 g/mol. The molecule has 9 nitrogen and oxygen atoms in total. The maximum atomic E-state index is 7.74. The highest BCUT2D eigenvalue weighted by molar-refractivity contribution is 7.03. The smallest absolute Gasteiger partial charge is 0.260 e. The standard InChI is InChI=1S/C87H60B3N5O4/c1-54-42-55(2)87(56(3)43-54)95-74-52-72-68(88-66-38-22-24-40-76(66)96-80-46-63(44-73(91-72)84(80)88)92(57-26-10-4-11-27-57)58-28-12-5-13-29-58)50-69(74)90-71-51-70-78(53-79(71)98-81-47-64(45-75(95)85(81)90)93(59-30-14-6-15-31-59)60-32-16-7-17-33-60)99-83-49-65(48-82-86(83)89(70)67-39-23-25-41-77(67)97-82)94(61-34-18-8-19-35-61)62-36-20-9-21-37-62/h4-53,91H,1-3H3. The van der Waals surface area contributed by atoms with Crippen molar-refractivity contribution in [1.29, 1.82) is 0 Å². The summed E-state index contributed by atoms with van der Waals surface area (Å²) in [5.41, 5.74) is 27.5. The molecule has 6 heterocycles. The van der Waals surface area contributed by atoms with E-state index < -0.39 is 0 Å². The Kier molecular flexibility index (Phi) is 12.8. The van der Waals surface area contributed by atoms with E-state index in [1.165, 1.54) is 16.7 Å². The van der Waals surface area contributed by atoms with Crippen LogP contribution < -0.4 is 93.0 Å². The molecule has 0 fully saturated rings. The van der Waals surface area contributed by atoms with Gasteiger partial charge in [0.1, 0.15) is 46.0 Å². The Morgan fingerprint density at radius 1 is 0.263 bits per heavy atom. The molecule has 12 heteroatoms. The molecule has 0 aliphatic carbocycles. The van der Waals surface area contributed by atoms with Crippen LogP contribution in [-0.2, 0) is 0 Å². The second-order valence-corrected chi connectivity index (χ2v) is 26.6. The number of para-hydroxylation sites is 8. The first-order chi connectivity index (χ1) is 48.8. The summed E-state index contributed by atoms with van der Waals surface area (Å²) in [7, 11) is 0. The molecule has 6 aliphatic heterocycles. The van der Waals surface area contributed by atoms with Crippen LogP contribution in [0.1, 0.15) is 16.7 Å². The van der Waals surface area contributed by atoms with Crippen molar-refractivity contribution in [3.05, 3.63) is 320 Å². The first-order valence-corrected chi connectivity index (χ1v) is 34.0. The van der Waals surface area contributed by atoms with Crippen LogP contribution in [0.15, 0.2) is 303 Å². The lowest BCUT2D eigenvalue weighted by Gasteiger charge is -2.44. The predicted molar refractivity (Wildman–Crippen MR) is 409 cm³/mol. The zero-order chi connectivity index (χ0) is 65.6. The molecule has 14 aromatic carbocycles. The lowest BCUT2D eigenvalue weighted by atomic mass is 9.30. The molecule has 14 aromatic rings. The quantitative estimate of drug-likeness (QED) is 0.135. The van der Waals surface area contributed by atoms with Gasteiger partial charge >= 0.3 is 0 Å². The fourth-order valence-electron chi connectivity index (χ4n) is 16.7. The topological polar surface area (TPSA) is 61.9 Å². The molecule has 6 aliphatic rings. The molecule has 0 spiro atoms. The van der Waals surface area contributed by atoms with E-state index in [1.54, 1.807) is 0 Å². The molecule has 0 unspecified atom stereocenters. The molecule has 0 saturated heterocycles. The number of hydrogen-bond acceptors (Lipinski definition) is 9. The number of nitrogens with zero attached hydrogens (tertiary/aromatic N) is 4. The van der Waals surface area contributed by atoms with Crippen LogP contribution in [-0.4, -0.2) is 20.1 Å². The fourth-order valence-corrected chi connectivity index (χ4v) is 16.7. The van der Waals surface area contributed by atoms with Crippen molar-refractivity contribution in [1.82, 2.24) is 0 Å². The largest absolute Gasteiger partial charge is 0.458 e. The van der Waals surface area contributed by atoms with Crippen molar-refractivity contribution in [2.24, 2.45) is 0 Å². The van der Waals surface area contributed by atoms with Gasteiger partial charge in [-0.3, -0.25) is 0 Å². The summed E-state index contributed by atoms with van der Waals surface area (Å²) in [6.07, 6.45) is 0. The molecule has 0 bridgehead atoms. The van der Waals surface area contributed by atoms with E-state index in [2.05, 4.69) is 349 Å². The predicted octanol–water partition coefficient (Wildman–Crippen LogP) is 16.8. The maximum absolute atomic E-state index is 7.74. The highest BCUT2D eigenvalue weighted by Crippen LogP contribution is 2.51. The monoisotopic (exact) mass is 1270 g/mol. The highest BCUT2D eigenvalue weighted by atomic mass is 16.5. The Hall–Kier alpha value is -12.5. The summed E-state index contributed by atoms with van der Waals surface area (Å²) in [5, 5.41) is 4.16. The Morgan fingerprint density at radius 3 is 1.09 bits per heavy atom. The third-order valence-electron chi connectivity index (χ3n) is 20.6. The van der Waals surface area contributed by atoms with E-state index in [1.807, 2.05) is 0 Å². The van der Waals surface area contributed by atoms with Gasteiger partial charge in [-0.05, 0) is 179 Å². The Labute approximate surface area is 576 Å². The molecule has 466 valence electrons. The molecule has 0 aromatic heterocycles. The molecular weight excluding hydrogens is 1210 g/mol. The van der Waals surface area contributed by atoms with Crippen LogP contribution in [0.3, 0.4) is 0 Å². The Bertz CT molecular complexity index is 5490. The van der Waals surface area contributed by atoms with E-state index >= 15 is 0 Å². The zero-order valence-corrected chi connectivity index (χ0v) is 54.5. The van der Waals surface area contributed by atoms with Crippen LogP contribution in [0.4, 0.5) is 79.6 Å². The summed E-state index contributed by atoms with van der Waals surface area (Å²) in [6, 6.07) is 108. The number of benzene rings is 14. The summed E-state index contributed by atoms with van der Waals surface area (Å²) < 4.78 is 29.4. The van der Waals surface area contributed by atoms with E-state index in [0.29, 0.717) is 0 Å². The molecular formula is C87H60B3N5O4. The third kappa shape index (κ3) is 8.98. The fraction of sp³-hybridized carbons (Fsp3) is 0.0345. The van der Waals surface area contributed by atoms with Gasteiger partial charge < -0.3 is 43.9 Å². The number of ether oxygens (including phenoxy) is 4. The summed E-state index contributed by atoms with van der Waals surface area (Å²) in [4.78, 5) is 9.49. The van der Waals surface area contributed by atoms with Gasteiger partial charge in [0.2, 0.25) is 0 Å². The Morgan fingerprint density at radius 2 is 0.626 bits per heavy atom. The first kappa shape index (κ1) is 56.8. The first-order valence-electron chi connectivity index (χ1n) is 34.0. The van der Waals surface area contributed by atoms with Gasteiger partial charge in [-0.1, -0.05) is 175 Å². The minimum Gasteiger partial charge on any atom is -0.458 e. The number of fused-ring (bicyclic) bond motifs is 12. The van der Waals surface area contributed by atoms with E-state index in [-0.39, 0.29) is 20.1 Å². The van der Waals surface area contributed by atoms with Crippen LogP contribution in [0, 0.1) is 20.8 Å². The second kappa shape index (κ2) is 22.3. The second-order valence-electron chi connectivity index (χ2n) is 26.6. The summed E-state index contributed by atoms with van der Waals surface area (Å²) >= 11 is 0. The molecule has 20 rings (SSSR count). The summed E-state index contributed by atoms with van der Waals surface area (Å²) in [6.45, 7) is 5.94. The molecule has 0 atom stereocenters. The number of nitrogens with one attached hydrogen (secondary N) is 1. The van der Waals surface area contributed by atoms with Crippen LogP contribution in [0.5, 0.6) is 46.0 Å². The van der Waals surface area contributed by atoms with Crippen molar-refractivity contribution in [2.45, 2.75) is 20.8 Å². The SMILES string of the molecule is Cc1cc(C)c(N2c3cc4c(cc3B3c5cc6c(cc5Oc5cc(N(c7ccccc7)c7ccccc7)cc2c53)Oc2cc(N(c3ccccc3)c3ccccc3)cc3c2B6c2ccccc2O3)B2c3ccccc3Oc3cc(N(c5ccccc5)c5ccccc5)cc(c32)N4)c(C)c1. The van der Waals surface area contributed by atoms with Gasteiger partial charge in [0, 0.05) is 92.7 Å². The minimum absolute atomic E-state index is 0.197. The third-order valence-corrected chi connectivity index (χ3v) is 20.6. The van der Waals surface area contributed by atoms with Gasteiger partial charge in [-0.25, -0.2) is 0 Å².